The fraction of sp³-hybridized carbons (Fsp3) is 1.00. The molecule has 1 fully saturated rings. The van der Waals surface area contributed by atoms with E-state index < -0.39 is 0 Å². The molecule has 1 N–H and O–H groups in total. The van der Waals surface area contributed by atoms with Crippen molar-refractivity contribution in [3.05, 3.63) is 0 Å². The van der Waals surface area contributed by atoms with Crippen LogP contribution in [-0.4, -0.2) is 48.1 Å². The maximum Gasteiger partial charge on any atom is 0.0132 e. The van der Waals surface area contributed by atoms with Crippen LogP contribution in [0.2, 0.25) is 0 Å². The summed E-state index contributed by atoms with van der Waals surface area (Å²) < 4.78 is 0. The monoisotopic (exact) mass is 272 g/mol. The Morgan fingerprint density at radius 1 is 1.33 bits per heavy atom. The molecular formula is C15H32N2S. The molecule has 0 spiro atoms. The van der Waals surface area contributed by atoms with Crippen molar-refractivity contribution in [3.63, 3.8) is 0 Å². The second-order valence-electron chi connectivity index (χ2n) is 5.72. The fourth-order valence-corrected chi connectivity index (χ4v) is 3.63. The lowest BCUT2D eigenvalue weighted by Crippen LogP contribution is -2.47. The van der Waals surface area contributed by atoms with Crippen LogP contribution in [0.25, 0.3) is 0 Å². The molecule has 1 rings (SSSR count). The molecule has 1 aliphatic rings. The minimum absolute atomic E-state index is 0.645. The van der Waals surface area contributed by atoms with E-state index in [1.165, 1.54) is 50.4 Å². The standard InChI is InChI=1S/C15H32N2S/c1-5-9-17-10-7-8-15(11-17)14(4)16-13(3)12-18-6-2/h13-16H,5-12H2,1-4H3. The fourth-order valence-electron chi connectivity index (χ4n) is 2.95. The number of nitrogens with zero attached hydrogens (tertiary/aromatic N) is 1. The highest BCUT2D eigenvalue weighted by Gasteiger charge is 2.24. The van der Waals surface area contributed by atoms with Gasteiger partial charge < -0.3 is 10.2 Å². The SMILES string of the molecule is CCCN1CCCC(C(C)NC(C)CSCC)C1. The second kappa shape index (κ2) is 9.22. The third kappa shape index (κ3) is 5.94. The molecule has 0 aromatic heterocycles. The van der Waals surface area contributed by atoms with E-state index in [0.717, 1.165) is 5.92 Å². The van der Waals surface area contributed by atoms with E-state index in [4.69, 9.17) is 0 Å². The molecule has 0 aromatic rings. The maximum absolute atomic E-state index is 3.80. The summed E-state index contributed by atoms with van der Waals surface area (Å²) in [5, 5.41) is 3.80. The van der Waals surface area contributed by atoms with Gasteiger partial charge in [0.2, 0.25) is 0 Å². The highest BCUT2D eigenvalue weighted by Crippen LogP contribution is 2.20. The summed E-state index contributed by atoms with van der Waals surface area (Å²) in [6.45, 7) is 13.1. The third-order valence-corrected chi connectivity index (χ3v) is 5.05. The van der Waals surface area contributed by atoms with Crippen molar-refractivity contribution < 1.29 is 0 Å². The van der Waals surface area contributed by atoms with E-state index in [0.29, 0.717) is 12.1 Å². The molecule has 0 radical (unpaired) electrons. The van der Waals surface area contributed by atoms with Gasteiger partial charge in [0.1, 0.15) is 0 Å². The van der Waals surface area contributed by atoms with E-state index in [-0.39, 0.29) is 0 Å². The van der Waals surface area contributed by atoms with Crippen LogP contribution >= 0.6 is 11.8 Å². The van der Waals surface area contributed by atoms with Gasteiger partial charge in [0.15, 0.2) is 0 Å². The smallest absolute Gasteiger partial charge is 0.0132 e. The molecule has 0 bridgehead atoms. The van der Waals surface area contributed by atoms with Crippen LogP contribution in [0, 0.1) is 5.92 Å². The molecule has 0 saturated carbocycles. The first-order valence-corrected chi connectivity index (χ1v) is 8.89. The van der Waals surface area contributed by atoms with Crippen molar-refractivity contribution in [2.75, 3.05) is 31.1 Å². The highest BCUT2D eigenvalue weighted by molar-refractivity contribution is 7.99. The summed E-state index contributed by atoms with van der Waals surface area (Å²) in [6.07, 6.45) is 4.08. The molecule has 1 saturated heterocycles. The van der Waals surface area contributed by atoms with Crippen LogP contribution in [0.3, 0.4) is 0 Å². The minimum atomic E-state index is 0.645. The van der Waals surface area contributed by atoms with Crippen molar-refractivity contribution in [1.82, 2.24) is 10.2 Å². The summed E-state index contributed by atoms with van der Waals surface area (Å²) in [5.74, 6) is 3.32. The van der Waals surface area contributed by atoms with Gasteiger partial charge in [0.25, 0.3) is 0 Å². The maximum atomic E-state index is 3.80. The summed E-state index contributed by atoms with van der Waals surface area (Å²) in [4.78, 5) is 2.65. The van der Waals surface area contributed by atoms with Gasteiger partial charge in [-0.3, -0.25) is 0 Å². The van der Waals surface area contributed by atoms with Crippen LogP contribution in [0.1, 0.15) is 47.0 Å². The quantitative estimate of drug-likeness (QED) is 0.730. The molecule has 1 aliphatic heterocycles. The van der Waals surface area contributed by atoms with Gasteiger partial charge in [0, 0.05) is 24.4 Å². The Hall–Kier alpha value is 0.270. The number of thioether (sulfide) groups is 1. The summed E-state index contributed by atoms with van der Waals surface area (Å²) in [6, 6.07) is 1.31. The zero-order chi connectivity index (χ0) is 13.4. The molecule has 0 amide bonds. The Labute approximate surface area is 118 Å². The lowest BCUT2D eigenvalue weighted by atomic mass is 9.91. The molecule has 3 atom stereocenters. The van der Waals surface area contributed by atoms with Crippen LogP contribution in [-0.2, 0) is 0 Å². The second-order valence-corrected chi connectivity index (χ2v) is 7.04. The van der Waals surface area contributed by atoms with Gasteiger partial charge >= 0.3 is 0 Å². The van der Waals surface area contributed by atoms with Gasteiger partial charge in [-0.1, -0.05) is 13.8 Å². The Morgan fingerprint density at radius 3 is 2.78 bits per heavy atom. The first kappa shape index (κ1) is 16.3. The van der Waals surface area contributed by atoms with Crippen molar-refractivity contribution in [1.29, 1.82) is 0 Å². The number of likely N-dealkylation sites (tertiary alicyclic amines) is 1. The van der Waals surface area contributed by atoms with Gasteiger partial charge in [-0.05, 0) is 57.9 Å². The summed E-state index contributed by atoms with van der Waals surface area (Å²) in [7, 11) is 0. The molecule has 1 heterocycles. The predicted octanol–water partition coefficient (Wildman–Crippen LogP) is 3.23. The summed E-state index contributed by atoms with van der Waals surface area (Å²) in [5.41, 5.74) is 0. The van der Waals surface area contributed by atoms with E-state index >= 15 is 0 Å². The first-order chi connectivity index (χ1) is 8.67. The molecule has 108 valence electrons. The molecule has 18 heavy (non-hydrogen) atoms. The predicted molar refractivity (Wildman–Crippen MR) is 84.5 cm³/mol. The molecule has 2 nitrogen and oxygen atoms in total. The molecular weight excluding hydrogens is 240 g/mol. The average molecular weight is 273 g/mol. The Balaban J connectivity index is 2.29. The average Bonchev–Trinajstić information content (AvgIpc) is 2.37. The number of nitrogens with one attached hydrogen (secondary N) is 1. The van der Waals surface area contributed by atoms with E-state index in [2.05, 4.69) is 37.9 Å². The van der Waals surface area contributed by atoms with Crippen molar-refractivity contribution in [3.8, 4) is 0 Å². The number of rotatable bonds is 8. The van der Waals surface area contributed by atoms with Crippen LogP contribution in [0.4, 0.5) is 0 Å². The normalized spacial score (nSPS) is 25.0. The summed E-state index contributed by atoms with van der Waals surface area (Å²) >= 11 is 2.04. The van der Waals surface area contributed by atoms with Gasteiger partial charge in [-0.25, -0.2) is 0 Å². The van der Waals surface area contributed by atoms with Crippen molar-refractivity contribution in [2.45, 2.75) is 59.0 Å². The Morgan fingerprint density at radius 2 is 2.11 bits per heavy atom. The molecule has 3 unspecified atom stereocenters. The van der Waals surface area contributed by atoms with Gasteiger partial charge in [0.05, 0.1) is 0 Å². The zero-order valence-corrected chi connectivity index (χ0v) is 13.6. The topological polar surface area (TPSA) is 15.3 Å². The Bertz CT molecular complexity index is 209. The van der Waals surface area contributed by atoms with Crippen molar-refractivity contribution in [2.24, 2.45) is 5.92 Å². The van der Waals surface area contributed by atoms with E-state index in [9.17, 15) is 0 Å². The Kier molecular flexibility index (Phi) is 8.36. The number of hydrogen-bond donors (Lipinski definition) is 1. The van der Waals surface area contributed by atoms with Crippen LogP contribution in [0.5, 0.6) is 0 Å². The largest absolute Gasteiger partial charge is 0.311 e. The number of hydrogen-bond acceptors (Lipinski definition) is 3. The third-order valence-electron chi connectivity index (χ3n) is 3.91. The highest BCUT2D eigenvalue weighted by atomic mass is 32.2. The van der Waals surface area contributed by atoms with Crippen LogP contribution < -0.4 is 5.32 Å². The zero-order valence-electron chi connectivity index (χ0n) is 12.7. The van der Waals surface area contributed by atoms with Crippen LogP contribution in [0.15, 0.2) is 0 Å². The minimum Gasteiger partial charge on any atom is -0.311 e. The van der Waals surface area contributed by atoms with E-state index in [1.54, 1.807) is 0 Å². The van der Waals surface area contributed by atoms with Gasteiger partial charge in [-0.2, -0.15) is 11.8 Å². The lowest BCUT2D eigenvalue weighted by Gasteiger charge is -2.37. The van der Waals surface area contributed by atoms with Gasteiger partial charge in [-0.15, -0.1) is 0 Å². The molecule has 3 heteroatoms. The van der Waals surface area contributed by atoms with E-state index in [1.807, 2.05) is 11.8 Å². The lowest BCUT2D eigenvalue weighted by molar-refractivity contribution is 0.148. The first-order valence-electron chi connectivity index (χ1n) is 7.73. The number of piperidine rings is 1. The molecule has 0 aromatic carbocycles. The van der Waals surface area contributed by atoms with Crippen molar-refractivity contribution >= 4 is 11.8 Å². The molecule has 0 aliphatic carbocycles.